The van der Waals surface area contributed by atoms with E-state index < -0.39 is 10.0 Å². The molecule has 0 spiro atoms. The lowest BCUT2D eigenvalue weighted by atomic mass is 10.0. The van der Waals surface area contributed by atoms with Gasteiger partial charge >= 0.3 is 0 Å². The largest absolute Gasteiger partial charge is 0.478 e. The number of aliphatic imine (C=N–C) groups is 1. The van der Waals surface area contributed by atoms with Crippen LogP contribution in [0.3, 0.4) is 0 Å². The first kappa shape index (κ1) is 20.4. The maximum absolute atomic E-state index is 12.9. The Bertz CT molecular complexity index is 729. The van der Waals surface area contributed by atoms with Crippen LogP contribution in [0.15, 0.2) is 65.5 Å². The molecule has 5 nitrogen and oxygen atoms in total. The second-order valence-electron chi connectivity index (χ2n) is 6.32. The van der Waals surface area contributed by atoms with Gasteiger partial charge < -0.3 is 4.74 Å². The quantitative estimate of drug-likeness (QED) is 0.554. The topological polar surface area (TPSA) is 59.0 Å². The molecule has 1 aromatic rings. The predicted molar refractivity (Wildman–Crippen MR) is 106 cm³/mol. The van der Waals surface area contributed by atoms with E-state index in [-0.39, 0.29) is 18.5 Å². The Hall–Kier alpha value is -1.92. The van der Waals surface area contributed by atoms with Crippen LogP contribution >= 0.6 is 0 Å². The number of hydrogen-bond acceptors (Lipinski definition) is 4. The molecule has 1 aromatic carbocycles. The summed E-state index contributed by atoms with van der Waals surface area (Å²) in [5.41, 5.74) is 0. The molecule has 0 amide bonds. The fraction of sp³-hybridized carbons (Fsp3) is 0.450. The van der Waals surface area contributed by atoms with Crippen molar-refractivity contribution in [3.05, 3.63) is 55.6 Å². The first-order valence-corrected chi connectivity index (χ1v) is 10.4. The van der Waals surface area contributed by atoms with E-state index in [1.165, 1.54) is 4.31 Å². The summed E-state index contributed by atoms with van der Waals surface area (Å²) in [5.74, 6) is 0.773. The van der Waals surface area contributed by atoms with Gasteiger partial charge in [-0.25, -0.2) is 13.4 Å². The molecule has 6 heteroatoms. The van der Waals surface area contributed by atoms with Gasteiger partial charge in [-0.3, -0.25) is 0 Å². The Balaban J connectivity index is 2.13. The molecule has 1 aliphatic heterocycles. The molecule has 2 rings (SSSR count). The van der Waals surface area contributed by atoms with Crippen LogP contribution in [0, 0.1) is 5.92 Å². The van der Waals surface area contributed by atoms with Crippen LogP contribution in [0.4, 0.5) is 0 Å². The van der Waals surface area contributed by atoms with E-state index in [2.05, 4.69) is 25.1 Å². The number of sulfonamides is 1. The van der Waals surface area contributed by atoms with Crippen molar-refractivity contribution < 1.29 is 13.2 Å². The molecule has 0 N–H and O–H groups in total. The molecule has 26 heavy (non-hydrogen) atoms. The van der Waals surface area contributed by atoms with E-state index in [0.29, 0.717) is 30.9 Å². The van der Waals surface area contributed by atoms with Gasteiger partial charge in [-0.05, 0) is 31.4 Å². The number of allylic oxidation sites excluding steroid dienone is 1. The summed E-state index contributed by atoms with van der Waals surface area (Å²) in [6, 6.07) is 8.69. The lowest BCUT2D eigenvalue weighted by molar-refractivity contribution is 0.288. The zero-order valence-corrected chi connectivity index (χ0v) is 16.2. The van der Waals surface area contributed by atoms with Crippen LogP contribution in [0.2, 0.25) is 0 Å². The van der Waals surface area contributed by atoms with Crippen LogP contribution < -0.4 is 0 Å². The molecule has 2 atom stereocenters. The van der Waals surface area contributed by atoms with E-state index in [1.54, 1.807) is 36.4 Å². The number of ether oxygens (including phenoxy) is 1. The average Bonchev–Trinajstić information content (AvgIpc) is 3.13. The normalized spacial score (nSPS) is 18.2. The predicted octanol–water partition coefficient (Wildman–Crippen LogP) is 3.65. The summed E-state index contributed by atoms with van der Waals surface area (Å²) >= 11 is 0. The number of benzene rings is 1. The van der Waals surface area contributed by atoms with Crippen molar-refractivity contribution in [1.82, 2.24) is 4.31 Å². The Morgan fingerprint density at radius 2 is 2.04 bits per heavy atom. The van der Waals surface area contributed by atoms with Crippen molar-refractivity contribution in [1.29, 1.82) is 0 Å². The van der Waals surface area contributed by atoms with Gasteiger partial charge in [0.15, 0.2) is 5.90 Å². The fourth-order valence-electron chi connectivity index (χ4n) is 2.91. The standard InChI is InChI=1S/C20H28N2O3S/c1-4-10-17(20-21-18(6-3)16-25-20)13-15-22(14-5-2)26(23,24)19-11-8-7-9-12-19/h4-5,7-9,11-12,17-18H,1-2,6,10,13-16H2,3H3/t17-,18+/m0/s1. The molecule has 0 unspecified atom stereocenters. The van der Waals surface area contributed by atoms with Crippen molar-refractivity contribution in [2.24, 2.45) is 10.9 Å². The second kappa shape index (κ2) is 9.69. The van der Waals surface area contributed by atoms with Crippen molar-refractivity contribution >= 4 is 15.9 Å². The first-order valence-electron chi connectivity index (χ1n) is 9.00. The number of nitrogens with zero attached hydrogens (tertiary/aromatic N) is 2. The first-order chi connectivity index (χ1) is 12.5. The van der Waals surface area contributed by atoms with E-state index in [1.807, 2.05) is 6.08 Å². The highest BCUT2D eigenvalue weighted by molar-refractivity contribution is 7.89. The van der Waals surface area contributed by atoms with Crippen LogP contribution in [0.5, 0.6) is 0 Å². The SMILES string of the molecule is C=CC[C@@H](CCN(CC=C)S(=O)(=O)c1ccccc1)C1=N[C@H](CC)CO1. The lowest BCUT2D eigenvalue weighted by Crippen LogP contribution is -2.34. The Morgan fingerprint density at radius 3 is 2.62 bits per heavy atom. The van der Waals surface area contributed by atoms with Crippen LogP contribution in [-0.4, -0.2) is 44.4 Å². The van der Waals surface area contributed by atoms with E-state index in [9.17, 15) is 8.42 Å². The summed E-state index contributed by atoms with van der Waals surface area (Å²) < 4.78 is 33.0. The van der Waals surface area contributed by atoms with Gasteiger partial charge in [-0.15, -0.1) is 13.2 Å². The van der Waals surface area contributed by atoms with E-state index in [4.69, 9.17) is 4.74 Å². The van der Waals surface area contributed by atoms with Crippen LogP contribution in [0.1, 0.15) is 26.2 Å². The third kappa shape index (κ3) is 5.05. The molecular formula is C20H28N2O3S. The summed E-state index contributed by atoms with van der Waals surface area (Å²) in [6.45, 7) is 10.8. The zero-order valence-electron chi connectivity index (χ0n) is 15.4. The third-order valence-electron chi connectivity index (χ3n) is 4.45. The summed E-state index contributed by atoms with van der Waals surface area (Å²) in [7, 11) is -3.56. The van der Waals surface area contributed by atoms with Crippen molar-refractivity contribution in [3.63, 3.8) is 0 Å². The Morgan fingerprint density at radius 1 is 1.31 bits per heavy atom. The van der Waals surface area contributed by atoms with Crippen LogP contribution in [-0.2, 0) is 14.8 Å². The summed E-state index contributed by atoms with van der Waals surface area (Å²) in [4.78, 5) is 4.92. The molecule has 142 valence electrons. The maximum atomic E-state index is 12.9. The maximum Gasteiger partial charge on any atom is 0.243 e. The van der Waals surface area contributed by atoms with Gasteiger partial charge in [0.05, 0.1) is 10.9 Å². The van der Waals surface area contributed by atoms with Gasteiger partial charge in [0, 0.05) is 19.0 Å². The molecule has 0 bridgehead atoms. The molecule has 0 saturated carbocycles. The Kier molecular flexibility index (Phi) is 7.60. The zero-order chi connectivity index (χ0) is 19.0. The smallest absolute Gasteiger partial charge is 0.243 e. The molecular weight excluding hydrogens is 348 g/mol. The lowest BCUT2D eigenvalue weighted by Gasteiger charge is -2.23. The van der Waals surface area contributed by atoms with Gasteiger partial charge in [-0.2, -0.15) is 4.31 Å². The van der Waals surface area contributed by atoms with Crippen molar-refractivity contribution in [3.8, 4) is 0 Å². The van der Waals surface area contributed by atoms with E-state index in [0.717, 1.165) is 12.3 Å². The van der Waals surface area contributed by atoms with Gasteiger partial charge in [0.2, 0.25) is 10.0 Å². The fourth-order valence-corrected chi connectivity index (χ4v) is 4.35. The van der Waals surface area contributed by atoms with E-state index >= 15 is 0 Å². The highest BCUT2D eigenvalue weighted by Gasteiger charge is 2.28. The molecule has 0 fully saturated rings. The average molecular weight is 377 g/mol. The molecule has 0 aromatic heterocycles. The van der Waals surface area contributed by atoms with Crippen molar-refractivity contribution in [2.75, 3.05) is 19.7 Å². The van der Waals surface area contributed by atoms with Gasteiger partial charge in [-0.1, -0.05) is 37.3 Å². The molecule has 0 radical (unpaired) electrons. The molecule has 0 saturated heterocycles. The third-order valence-corrected chi connectivity index (χ3v) is 6.33. The second-order valence-corrected chi connectivity index (χ2v) is 8.25. The highest BCUT2D eigenvalue weighted by Crippen LogP contribution is 2.22. The molecule has 0 aliphatic carbocycles. The van der Waals surface area contributed by atoms with Crippen LogP contribution in [0.25, 0.3) is 0 Å². The monoisotopic (exact) mass is 376 g/mol. The van der Waals surface area contributed by atoms with Gasteiger partial charge in [0.25, 0.3) is 0 Å². The number of hydrogen-bond donors (Lipinski definition) is 0. The minimum absolute atomic E-state index is 0.0438. The minimum Gasteiger partial charge on any atom is -0.478 e. The summed E-state index contributed by atoms with van der Waals surface area (Å²) in [5, 5.41) is 0. The summed E-state index contributed by atoms with van der Waals surface area (Å²) in [6.07, 6.45) is 5.72. The minimum atomic E-state index is -3.56. The Labute approximate surface area is 157 Å². The van der Waals surface area contributed by atoms with Gasteiger partial charge in [0.1, 0.15) is 6.61 Å². The highest BCUT2D eigenvalue weighted by atomic mass is 32.2. The number of rotatable bonds is 11. The van der Waals surface area contributed by atoms with Crippen molar-refractivity contribution in [2.45, 2.75) is 37.1 Å². The molecule has 1 heterocycles. The molecule has 1 aliphatic rings.